The number of likely N-dealkylation sites (tertiary alicyclic amines) is 1. The fourth-order valence-corrected chi connectivity index (χ4v) is 2.81. The SMILES string of the molecule is C[N+]1(C)CCCC1c1cc(Br)cnc1N.[I-]. The Labute approximate surface area is 122 Å². The molecule has 0 radical (unpaired) electrons. The van der Waals surface area contributed by atoms with Crippen molar-refractivity contribution < 1.29 is 28.5 Å². The molecule has 16 heavy (non-hydrogen) atoms. The summed E-state index contributed by atoms with van der Waals surface area (Å²) in [5, 5.41) is 0. The molecule has 90 valence electrons. The Morgan fingerprint density at radius 1 is 1.50 bits per heavy atom. The molecule has 2 N–H and O–H groups in total. The van der Waals surface area contributed by atoms with Gasteiger partial charge >= 0.3 is 0 Å². The van der Waals surface area contributed by atoms with Gasteiger partial charge in [-0.1, -0.05) is 0 Å². The number of pyridine rings is 1. The van der Waals surface area contributed by atoms with E-state index in [1.54, 1.807) is 6.20 Å². The summed E-state index contributed by atoms with van der Waals surface area (Å²) in [6.07, 6.45) is 4.23. The maximum Gasteiger partial charge on any atom is 0.132 e. The monoisotopic (exact) mass is 397 g/mol. The molecule has 0 saturated carbocycles. The summed E-state index contributed by atoms with van der Waals surface area (Å²) in [6, 6.07) is 2.60. The minimum atomic E-state index is 0. The first kappa shape index (κ1) is 14.2. The zero-order valence-electron chi connectivity index (χ0n) is 9.58. The third-order valence-corrected chi connectivity index (χ3v) is 3.76. The molecule has 0 spiro atoms. The van der Waals surface area contributed by atoms with Crippen LogP contribution in [0, 0.1) is 0 Å². The number of quaternary nitrogens is 1. The highest BCUT2D eigenvalue weighted by Crippen LogP contribution is 2.38. The largest absolute Gasteiger partial charge is 1.00 e. The van der Waals surface area contributed by atoms with Crippen molar-refractivity contribution in [3.05, 3.63) is 22.3 Å². The molecular formula is C11H17BrIN3. The highest BCUT2D eigenvalue weighted by Gasteiger charge is 2.36. The van der Waals surface area contributed by atoms with Gasteiger partial charge in [0, 0.05) is 23.5 Å². The van der Waals surface area contributed by atoms with Crippen LogP contribution in [0.4, 0.5) is 5.82 Å². The van der Waals surface area contributed by atoms with E-state index in [2.05, 4.69) is 41.1 Å². The molecule has 0 aliphatic carbocycles. The average Bonchev–Trinajstić information content (AvgIpc) is 2.50. The lowest BCUT2D eigenvalue weighted by molar-refractivity contribution is -0.907. The topological polar surface area (TPSA) is 38.9 Å². The second-order valence-corrected chi connectivity index (χ2v) is 5.70. The van der Waals surface area contributed by atoms with E-state index in [0.29, 0.717) is 11.9 Å². The fraction of sp³-hybridized carbons (Fsp3) is 0.545. The Hall–Kier alpha value is 0.120. The molecule has 1 aliphatic heterocycles. The number of rotatable bonds is 1. The second-order valence-electron chi connectivity index (χ2n) is 4.79. The van der Waals surface area contributed by atoms with E-state index in [0.717, 1.165) is 8.96 Å². The van der Waals surface area contributed by atoms with E-state index in [1.165, 1.54) is 24.9 Å². The van der Waals surface area contributed by atoms with E-state index in [1.807, 2.05) is 0 Å². The van der Waals surface area contributed by atoms with Gasteiger partial charge in [-0.15, -0.1) is 0 Å². The maximum absolute atomic E-state index is 5.95. The van der Waals surface area contributed by atoms with Gasteiger partial charge in [0.15, 0.2) is 0 Å². The highest BCUT2D eigenvalue weighted by molar-refractivity contribution is 9.10. The predicted octanol–water partition coefficient (Wildman–Crippen LogP) is -0.658. The lowest BCUT2D eigenvalue weighted by atomic mass is 10.0. The van der Waals surface area contributed by atoms with Crippen LogP contribution in [0.2, 0.25) is 0 Å². The van der Waals surface area contributed by atoms with Crippen LogP contribution in [-0.2, 0) is 0 Å². The quantitative estimate of drug-likeness (QED) is 0.505. The Morgan fingerprint density at radius 2 is 2.19 bits per heavy atom. The third-order valence-electron chi connectivity index (χ3n) is 3.33. The van der Waals surface area contributed by atoms with Crippen molar-refractivity contribution in [2.24, 2.45) is 0 Å². The summed E-state index contributed by atoms with van der Waals surface area (Å²) in [5.74, 6) is 0.677. The van der Waals surface area contributed by atoms with Crippen molar-refractivity contribution in [1.82, 2.24) is 4.98 Å². The summed E-state index contributed by atoms with van der Waals surface area (Å²) in [7, 11) is 4.52. The molecular weight excluding hydrogens is 381 g/mol. The number of aromatic nitrogens is 1. The van der Waals surface area contributed by atoms with E-state index in [4.69, 9.17) is 5.73 Å². The van der Waals surface area contributed by atoms with Crippen molar-refractivity contribution in [2.75, 3.05) is 26.4 Å². The zero-order valence-corrected chi connectivity index (χ0v) is 13.3. The number of hydrogen-bond donors (Lipinski definition) is 1. The Morgan fingerprint density at radius 3 is 2.75 bits per heavy atom. The van der Waals surface area contributed by atoms with Crippen LogP contribution in [0.25, 0.3) is 0 Å². The van der Waals surface area contributed by atoms with E-state index in [-0.39, 0.29) is 24.0 Å². The van der Waals surface area contributed by atoms with E-state index in [9.17, 15) is 0 Å². The first-order valence-electron chi connectivity index (χ1n) is 5.24. The molecule has 1 aromatic heterocycles. The number of nitrogens with zero attached hydrogens (tertiary/aromatic N) is 2. The van der Waals surface area contributed by atoms with Crippen LogP contribution in [0.5, 0.6) is 0 Å². The molecule has 0 amide bonds. The van der Waals surface area contributed by atoms with Crippen molar-refractivity contribution in [1.29, 1.82) is 0 Å². The van der Waals surface area contributed by atoms with E-state index >= 15 is 0 Å². The van der Waals surface area contributed by atoms with Gasteiger partial charge in [-0.05, 0) is 22.0 Å². The van der Waals surface area contributed by atoms with Crippen LogP contribution in [0.15, 0.2) is 16.7 Å². The molecule has 1 unspecified atom stereocenters. The van der Waals surface area contributed by atoms with Gasteiger partial charge in [0.25, 0.3) is 0 Å². The molecule has 1 atom stereocenters. The first-order valence-corrected chi connectivity index (χ1v) is 6.03. The van der Waals surface area contributed by atoms with Gasteiger partial charge in [0.1, 0.15) is 11.9 Å². The van der Waals surface area contributed by atoms with Crippen LogP contribution >= 0.6 is 15.9 Å². The normalized spacial score (nSPS) is 22.8. The molecule has 2 rings (SSSR count). The van der Waals surface area contributed by atoms with Crippen LogP contribution < -0.4 is 29.7 Å². The lowest BCUT2D eigenvalue weighted by Gasteiger charge is -2.32. The van der Waals surface area contributed by atoms with Gasteiger partial charge < -0.3 is 34.2 Å². The molecule has 0 aromatic carbocycles. The first-order chi connectivity index (χ1) is 7.00. The van der Waals surface area contributed by atoms with E-state index < -0.39 is 0 Å². The molecule has 1 saturated heterocycles. The summed E-state index contributed by atoms with van der Waals surface area (Å²) < 4.78 is 2.03. The highest BCUT2D eigenvalue weighted by atomic mass is 127. The summed E-state index contributed by atoms with van der Waals surface area (Å²) >= 11 is 3.46. The van der Waals surface area contributed by atoms with Crippen LogP contribution in [-0.4, -0.2) is 30.1 Å². The third kappa shape index (κ3) is 2.68. The standard InChI is InChI=1S/C11H17BrN3.HI/c1-15(2)5-3-4-10(15)9-6-8(12)7-14-11(9)13;/h6-7,10H,3-5H2,1-2H3,(H2,13,14);1H/q+1;/p-1. The summed E-state index contributed by atoms with van der Waals surface area (Å²) in [6.45, 7) is 1.22. The Kier molecular flexibility index (Phi) is 4.59. The minimum Gasteiger partial charge on any atom is -1.00 e. The van der Waals surface area contributed by atoms with Gasteiger partial charge in [-0.3, -0.25) is 0 Å². The second kappa shape index (κ2) is 5.18. The van der Waals surface area contributed by atoms with Crippen LogP contribution in [0.3, 0.4) is 0 Å². The van der Waals surface area contributed by atoms with Gasteiger partial charge in [-0.25, -0.2) is 4.98 Å². The average molecular weight is 398 g/mol. The zero-order chi connectivity index (χ0) is 11.1. The van der Waals surface area contributed by atoms with Gasteiger partial charge in [-0.2, -0.15) is 0 Å². The summed E-state index contributed by atoms with van der Waals surface area (Å²) in [4.78, 5) is 4.21. The molecule has 0 bridgehead atoms. The van der Waals surface area contributed by atoms with Crippen molar-refractivity contribution >= 4 is 21.7 Å². The Balaban J connectivity index is 0.00000128. The molecule has 1 fully saturated rings. The minimum absolute atomic E-state index is 0. The number of nitrogens with two attached hydrogens (primary N) is 1. The number of hydrogen-bond acceptors (Lipinski definition) is 2. The molecule has 1 aliphatic rings. The molecule has 5 heteroatoms. The van der Waals surface area contributed by atoms with Crippen molar-refractivity contribution in [2.45, 2.75) is 18.9 Å². The van der Waals surface area contributed by atoms with Crippen molar-refractivity contribution in [3.8, 4) is 0 Å². The molecule has 2 heterocycles. The number of anilines is 1. The maximum atomic E-state index is 5.95. The molecule has 3 nitrogen and oxygen atoms in total. The van der Waals surface area contributed by atoms with Crippen LogP contribution in [0.1, 0.15) is 24.4 Å². The molecule has 1 aromatic rings. The smallest absolute Gasteiger partial charge is 0.132 e. The fourth-order valence-electron chi connectivity index (χ4n) is 2.46. The lowest BCUT2D eigenvalue weighted by Crippen LogP contribution is -3.00. The van der Waals surface area contributed by atoms with Gasteiger partial charge in [0.2, 0.25) is 0 Å². The van der Waals surface area contributed by atoms with Gasteiger partial charge in [0.05, 0.1) is 26.2 Å². The number of nitrogen functional groups attached to an aromatic ring is 1. The Bertz CT molecular complexity index is 381. The number of halogens is 2. The summed E-state index contributed by atoms with van der Waals surface area (Å²) in [5.41, 5.74) is 7.14. The predicted molar refractivity (Wildman–Crippen MR) is 65.3 cm³/mol. The van der Waals surface area contributed by atoms with Crippen molar-refractivity contribution in [3.63, 3.8) is 0 Å².